The number of nitrogens with two attached hydrogens (primary N) is 1. The van der Waals surface area contributed by atoms with Gasteiger partial charge in [0.05, 0.1) is 23.4 Å². The Kier molecular flexibility index (Phi) is 4.14. The SMILES string of the molecule is C=CC(=O)N1CCCC[C@@H](n2cnc3c(C(N)=O)cccc32)C1. The van der Waals surface area contributed by atoms with Crippen molar-refractivity contribution in [1.29, 1.82) is 0 Å². The Hall–Kier alpha value is -2.63. The van der Waals surface area contributed by atoms with Gasteiger partial charge in [0.2, 0.25) is 5.91 Å². The van der Waals surface area contributed by atoms with Crippen LogP contribution in [0.15, 0.2) is 37.2 Å². The minimum atomic E-state index is -0.481. The van der Waals surface area contributed by atoms with Crippen LogP contribution in [0.3, 0.4) is 0 Å². The molecule has 2 N–H and O–H groups in total. The standard InChI is InChI=1S/C17H20N4O2/c1-2-15(22)20-9-4-3-6-12(10-20)21-11-19-16-13(17(18)23)7-5-8-14(16)21/h2,5,7-8,11-12H,1,3-4,6,9-10H2,(H2,18,23)/t12-/m1/s1. The third-order valence-corrected chi connectivity index (χ3v) is 4.40. The first-order valence-corrected chi connectivity index (χ1v) is 7.78. The fourth-order valence-corrected chi connectivity index (χ4v) is 3.22. The number of fused-ring (bicyclic) bond motifs is 1. The number of benzene rings is 1. The number of nitrogens with zero attached hydrogens (tertiary/aromatic N) is 3. The molecule has 1 aromatic carbocycles. The van der Waals surface area contributed by atoms with Crippen molar-refractivity contribution in [3.63, 3.8) is 0 Å². The van der Waals surface area contributed by atoms with Crippen molar-refractivity contribution in [3.05, 3.63) is 42.7 Å². The normalized spacial score (nSPS) is 18.6. The number of primary amides is 1. The monoisotopic (exact) mass is 312 g/mol. The van der Waals surface area contributed by atoms with E-state index in [9.17, 15) is 9.59 Å². The summed E-state index contributed by atoms with van der Waals surface area (Å²) in [5.74, 6) is -0.524. The van der Waals surface area contributed by atoms with Crippen molar-refractivity contribution >= 4 is 22.8 Å². The molecular formula is C17H20N4O2. The van der Waals surface area contributed by atoms with E-state index in [2.05, 4.69) is 16.1 Å². The van der Waals surface area contributed by atoms with Gasteiger partial charge in [0.25, 0.3) is 5.91 Å². The van der Waals surface area contributed by atoms with Crippen LogP contribution in [0, 0.1) is 0 Å². The molecule has 6 nitrogen and oxygen atoms in total. The average molecular weight is 312 g/mol. The van der Waals surface area contributed by atoms with Crippen LogP contribution in [-0.2, 0) is 4.79 Å². The number of para-hydroxylation sites is 1. The molecule has 2 heterocycles. The highest BCUT2D eigenvalue weighted by Crippen LogP contribution is 2.26. The predicted molar refractivity (Wildman–Crippen MR) is 87.9 cm³/mol. The van der Waals surface area contributed by atoms with E-state index in [4.69, 9.17) is 5.73 Å². The molecule has 0 aliphatic carbocycles. The molecule has 2 amide bonds. The van der Waals surface area contributed by atoms with Gasteiger partial charge in [-0.15, -0.1) is 0 Å². The number of rotatable bonds is 3. The number of aromatic nitrogens is 2. The zero-order valence-corrected chi connectivity index (χ0v) is 12.9. The second-order valence-electron chi connectivity index (χ2n) is 5.83. The molecule has 3 rings (SSSR count). The number of imidazole rings is 1. The van der Waals surface area contributed by atoms with E-state index >= 15 is 0 Å². The molecule has 0 unspecified atom stereocenters. The summed E-state index contributed by atoms with van der Waals surface area (Å²) < 4.78 is 2.05. The summed E-state index contributed by atoms with van der Waals surface area (Å²) in [6, 6.07) is 5.56. The maximum Gasteiger partial charge on any atom is 0.250 e. The van der Waals surface area contributed by atoms with Gasteiger partial charge in [-0.05, 0) is 37.5 Å². The predicted octanol–water partition coefficient (Wildman–Crippen LogP) is 1.87. The molecule has 1 atom stereocenters. The van der Waals surface area contributed by atoms with E-state index in [0.717, 1.165) is 31.3 Å². The Morgan fingerprint density at radius 1 is 1.35 bits per heavy atom. The lowest BCUT2D eigenvalue weighted by atomic mass is 10.1. The number of likely N-dealkylation sites (tertiary alicyclic amines) is 1. The van der Waals surface area contributed by atoms with Crippen molar-refractivity contribution < 1.29 is 9.59 Å². The van der Waals surface area contributed by atoms with Gasteiger partial charge in [0.1, 0.15) is 5.52 Å². The van der Waals surface area contributed by atoms with Gasteiger partial charge in [-0.3, -0.25) is 9.59 Å². The Labute approximate surface area is 134 Å². The first-order valence-electron chi connectivity index (χ1n) is 7.78. The van der Waals surface area contributed by atoms with E-state index < -0.39 is 5.91 Å². The lowest BCUT2D eigenvalue weighted by Crippen LogP contribution is -2.34. The summed E-state index contributed by atoms with van der Waals surface area (Å²) in [4.78, 5) is 29.7. The van der Waals surface area contributed by atoms with E-state index in [1.807, 2.05) is 17.0 Å². The fourth-order valence-electron chi connectivity index (χ4n) is 3.22. The zero-order chi connectivity index (χ0) is 16.4. The largest absolute Gasteiger partial charge is 0.366 e. The molecule has 6 heteroatoms. The summed E-state index contributed by atoms with van der Waals surface area (Å²) in [6.07, 6.45) is 6.09. The molecule has 1 aliphatic heterocycles. The first kappa shape index (κ1) is 15.3. The van der Waals surface area contributed by atoms with Crippen LogP contribution in [0.1, 0.15) is 35.7 Å². The molecular weight excluding hydrogens is 292 g/mol. The summed E-state index contributed by atoms with van der Waals surface area (Å²) >= 11 is 0. The Bertz CT molecular complexity index is 765. The molecule has 0 saturated carbocycles. The van der Waals surface area contributed by atoms with Crippen LogP contribution < -0.4 is 5.73 Å². The molecule has 1 saturated heterocycles. The van der Waals surface area contributed by atoms with Crippen LogP contribution >= 0.6 is 0 Å². The van der Waals surface area contributed by atoms with Gasteiger partial charge in [0, 0.05) is 13.1 Å². The third-order valence-electron chi connectivity index (χ3n) is 4.40. The lowest BCUT2D eigenvalue weighted by molar-refractivity contribution is -0.126. The molecule has 0 bridgehead atoms. The van der Waals surface area contributed by atoms with Gasteiger partial charge >= 0.3 is 0 Å². The van der Waals surface area contributed by atoms with Gasteiger partial charge < -0.3 is 15.2 Å². The minimum Gasteiger partial charge on any atom is -0.366 e. The Balaban J connectivity index is 1.98. The smallest absolute Gasteiger partial charge is 0.250 e. The Morgan fingerprint density at radius 2 is 2.17 bits per heavy atom. The van der Waals surface area contributed by atoms with Gasteiger partial charge in [-0.25, -0.2) is 4.98 Å². The molecule has 0 spiro atoms. The highest BCUT2D eigenvalue weighted by atomic mass is 16.2. The maximum atomic E-state index is 12.0. The summed E-state index contributed by atoms with van der Waals surface area (Å²) in [5, 5.41) is 0. The molecule has 0 radical (unpaired) electrons. The maximum absolute atomic E-state index is 12.0. The molecule has 1 fully saturated rings. The quantitative estimate of drug-likeness (QED) is 0.879. The van der Waals surface area contributed by atoms with Crippen LogP contribution in [-0.4, -0.2) is 39.4 Å². The number of carbonyl (C=O) groups excluding carboxylic acids is 2. The molecule has 1 aromatic heterocycles. The van der Waals surface area contributed by atoms with Crippen molar-refractivity contribution in [2.45, 2.75) is 25.3 Å². The number of amides is 2. The second-order valence-corrected chi connectivity index (χ2v) is 5.83. The third kappa shape index (κ3) is 2.84. The highest BCUT2D eigenvalue weighted by molar-refractivity contribution is 6.04. The van der Waals surface area contributed by atoms with E-state index in [1.165, 1.54) is 6.08 Å². The lowest BCUT2D eigenvalue weighted by Gasteiger charge is -2.24. The average Bonchev–Trinajstić information content (AvgIpc) is 2.83. The highest BCUT2D eigenvalue weighted by Gasteiger charge is 2.23. The van der Waals surface area contributed by atoms with E-state index in [1.54, 1.807) is 12.4 Å². The summed E-state index contributed by atoms with van der Waals surface area (Å²) in [6.45, 7) is 4.95. The molecule has 1 aliphatic rings. The topological polar surface area (TPSA) is 81.2 Å². The van der Waals surface area contributed by atoms with Crippen molar-refractivity contribution in [1.82, 2.24) is 14.5 Å². The van der Waals surface area contributed by atoms with Crippen molar-refractivity contribution in [2.24, 2.45) is 5.73 Å². The Morgan fingerprint density at radius 3 is 2.91 bits per heavy atom. The molecule has 23 heavy (non-hydrogen) atoms. The number of hydrogen-bond acceptors (Lipinski definition) is 3. The number of hydrogen-bond donors (Lipinski definition) is 1. The van der Waals surface area contributed by atoms with Crippen molar-refractivity contribution in [3.8, 4) is 0 Å². The van der Waals surface area contributed by atoms with E-state index in [0.29, 0.717) is 17.6 Å². The van der Waals surface area contributed by atoms with Crippen LogP contribution in [0.5, 0.6) is 0 Å². The van der Waals surface area contributed by atoms with Crippen LogP contribution in [0.4, 0.5) is 0 Å². The fraction of sp³-hybridized carbons (Fsp3) is 0.353. The zero-order valence-electron chi connectivity index (χ0n) is 12.9. The summed E-state index contributed by atoms with van der Waals surface area (Å²) in [5.41, 5.74) is 7.34. The van der Waals surface area contributed by atoms with Gasteiger partial charge in [-0.1, -0.05) is 12.6 Å². The van der Waals surface area contributed by atoms with Crippen molar-refractivity contribution in [2.75, 3.05) is 13.1 Å². The van der Waals surface area contributed by atoms with Crippen LogP contribution in [0.2, 0.25) is 0 Å². The van der Waals surface area contributed by atoms with Gasteiger partial charge in [0.15, 0.2) is 0 Å². The van der Waals surface area contributed by atoms with Gasteiger partial charge in [-0.2, -0.15) is 0 Å². The van der Waals surface area contributed by atoms with E-state index in [-0.39, 0.29) is 11.9 Å². The molecule has 2 aromatic rings. The summed E-state index contributed by atoms with van der Waals surface area (Å²) in [7, 11) is 0. The van der Waals surface area contributed by atoms with Crippen LogP contribution in [0.25, 0.3) is 11.0 Å². The second kappa shape index (κ2) is 6.24. The number of carbonyl (C=O) groups is 2. The molecule has 120 valence electrons. The minimum absolute atomic E-state index is 0.0425. The first-order chi connectivity index (χ1) is 11.1.